The normalized spacial score (nSPS) is 11.9. The summed E-state index contributed by atoms with van der Waals surface area (Å²) in [6, 6.07) is 7.40. The highest BCUT2D eigenvalue weighted by Crippen LogP contribution is 2.24. The molecule has 1 atom stereocenters. The molecule has 16 heavy (non-hydrogen) atoms. The van der Waals surface area contributed by atoms with E-state index in [0.717, 1.165) is 10.9 Å². The maximum Gasteiger partial charge on any atom is 0.347 e. The maximum atomic E-state index is 11.5. The van der Waals surface area contributed by atoms with Crippen molar-refractivity contribution in [3.63, 3.8) is 0 Å². The Morgan fingerprint density at radius 2 is 2.12 bits per heavy atom. The van der Waals surface area contributed by atoms with Gasteiger partial charge in [-0.2, -0.15) is 0 Å². The summed E-state index contributed by atoms with van der Waals surface area (Å²) in [6.07, 6.45) is 0.221. The zero-order chi connectivity index (χ0) is 12.0. The number of carbonyl (C=O) groups excluding carboxylic acids is 1. The molecule has 0 saturated carbocycles. The average Bonchev–Trinajstić information content (AvgIpc) is 2.28. The molecule has 0 saturated heterocycles. The smallest absolute Gasteiger partial charge is 0.347 e. The van der Waals surface area contributed by atoms with Gasteiger partial charge in [0.25, 0.3) is 0 Å². The third kappa shape index (κ3) is 3.85. The zero-order valence-corrected chi connectivity index (χ0v) is 11.0. The molecule has 1 rings (SSSR count). The van der Waals surface area contributed by atoms with Crippen molar-refractivity contribution in [3.05, 3.63) is 28.7 Å². The van der Waals surface area contributed by atoms with E-state index in [1.165, 1.54) is 0 Å². The second kappa shape index (κ2) is 6.53. The van der Waals surface area contributed by atoms with Crippen LogP contribution in [0.5, 0.6) is 5.75 Å². The van der Waals surface area contributed by atoms with Crippen LogP contribution in [0.15, 0.2) is 28.7 Å². The minimum Gasteiger partial charge on any atom is -0.478 e. The monoisotopic (exact) mass is 286 g/mol. The van der Waals surface area contributed by atoms with Crippen molar-refractivity contribution >= 4 is 21.9 Å². The van der Waals surface area contributed by atoms with Crippen LogP contribution in [0.25, 0.3) is 0 Å². The van der Waals surface area contributed by atoms with Crippen molar-refractivity contribution in [1.29, 1.82) is 0 Å². The summed E-state index contributed by atoms with van der Waals surface area (Å²) in [5.74, 6) is 0.307. The van der Waals surface area contributed by atoms with Crippen LogP contribution in [0, 0.1) is 0 Å². The minimum absolute atomic E-state index is 0.336. The molecule has 0 aliphatic carbocycles. The van der Waals surface area contributed by atoms with Gasteiger partial charge in [0.15, 0.2) is 6.10 Å². The van der Waals surface area contributed by atoms with Gasteiger partial charge in [-0.15, -0.1) is 0 Å². The highest BCUT2D eigenvalue weighted by atomic mass is 79.9. The predicted molar refractivity (Wildman–Crippen MR) is 65.5 cm³/mol. The summed E-state index contributed by atoms with van der Waals surface area (Å²) in [7, 11) is 0. The molecule has 1 aromatic carbocycles. The van der Waals surface area contributed by atoms with Crippen molar-refractivity contribution in [2.45, 2.75) is 26.4 Å². The molecule has 0 radical (unpaired) electrons. The van der Waals surface area contributed by atoms with E-state index in [1.54, 1.807) is 13.0 Å². The lowest BCUT2D eigenvalue weighted by atomic mass is 10.3. The van der Waals surface area contributed by atoms with E-state index >= 15 is 0 Å². The fourth-order valence-corrected chi connectivity index (χ4v) is 1.48. The van der Waals surface area contributed by atoms with Crippen LogP contribution in [0.1, 0.15) is 20.3 Å². The first-order chi connectivity index (χ1) is 7.65. The Labute approximate surface area is 104 Å². The predicted octanol–water partition coefficient (Wildman–Crippen LogP) is 3.17. The topological polar surface area (TPSA) is 35.5 Å². The molecule has 1 aromatic rings. The highest BCUT2D eigenvalue weighted by Gasteiger charge is 2.16. The van der Waals surface area contributed by atoms with Crippen LogP contribution in [-0.4, -0.2) is 18.7 Å². The van der Waals surface area contributed by atoms with E-state index in [9.17, 15) is 4.79 Å². The number of hydrogen-bond acceptors (Lipinski definition) is 3. The number of para-hydroxylation sites is 1. The van der Waals surface area contributed by atoms with Crippen molar-refractivity contribution in [2.75, 3.05) is 6.61 Å². The first-order valence-electron chi connectivity index (χ1n) is 5.23. The van der Waals surface area contributed by atoms with Gasteiger partial charge >= 0.3 is 5.97 Å². The molecule has 0 N–H and O–H groups in total. The SMILES string of the molecule is CCCOC(=O)C(C)Oc1ccccc1Br. The van der Waals surface area contributed by atoms with Crippen LogP contribution in [0.2, 0.25) is 0 Å². The second-order valence-corrected chi connectivity index (χ2v) is 4.21. The molecule has 0 bridgehead atoms. The van der Waals surface area contributed by atoms with Gasteiger partial charge in [0.2, 0.25) is 0 Å². The summed E-state index contributed by atoms with van der Waals surface area (Å²) in [5.41, 5.74) is 0. The molecule has 88 valence electrons. The summed E-state index contributed by atoms with van der Waals surface area (Å²) in [6.45, 7) is 4.06. The largest absolute Gasteiger partial charge is 0.478 e. The van der Waals surface area contributed by atoms with Crippen LogP contribution in [-0.2, 0) is 9.53 Å². The van der Waals surface area contributed by atoms with Crippen LogP contribution in [0.4, 0.5) is 0 Å². The molecule has 0 spiro atoms. The van der Waals surface area contributed by atoms with E-state index in [-0.39, 0.29) is 5.97 Å². The van der Waals surface area contributed by atoms with Crippen LogP contribution >= 0.6 is 15.9 Å². The molecule has 0 fully saturated rings. The Kier molecular flexibility index (Phi) is 5.32. The Balaban J connectivity index is 2.54. The maximum absolute atomic E-state index is 11.5. The lowest BCUT2D eigenvalue weighted by Gasteiger charge is -2.14. The summed E-state index contributed by atoms with van der Waals surface area (Å²) >= 11 is 3.35. The third-order valence-corrected chi connectivity index (χ3v) is 2.58. The Hall–Kier alpha value is -1.03. The summed E-state index contributed by atoms with van der Waals surface area (Å²) in [5, 5.41) is 0. The number of benzene rings is 1. The van der Waals surface area contributed by atoms with Gasteiger partial charge in [-0.3, -0.25) is 0 Å². The van der Waals surface area contributed by atoms with Crippen LogP contribution in [0.3, 0.4) is 0 Å². The molecule has 4 heteroatoms. The average molecular weight is 287 g/mol. The highest BCUT2D eigenvalue weighted by molar-refractivity contribution is 9.10. The van der Waals surface area contributed by atoms with Gasteiger partial charge in [0.05, 0.1) is 11.1 Å². The number of carbonyl (C=O) groups is 1. The molecule has 0 aliphatic rings. The van der Waals surface area contributed by atoms with Crippen molar-refractivity contribution in [1.82, 2.24) is 0 Å². The Morgan fingerprint density at radius 1 is 1.44 bits per heavy atom. The molecule has 0 heterocycles. The summed E-state index contributed by atoms with van der Waals surface area (Å²) in [4.78, 5) is 11.5. The summed E-state index contributed by atoms with van der Waals surface area (Å²) < 4.78 is 11.3. The van der Waals surface area contributed by atoms with E-state index in [1.807, 2.05) is 25.1 Å². The first-order valence-corrected chi connectivity index (χ1v) is 6.02. The Morgan fingerprint density at radius 3 is 2.75 bits per heavy atom. The Bertz CT molecular complexity index is 352. The number of ether oxygens (including phenoxy) is 2. The van der Waals surface area contributed by atoms with Gasteiger partial charge < -0.3 is 9.47 Å². The van der Waals surface area contributed by atoms with E-state index < -0.39 is 6.10 Å². The fourth-order valence-electron chi connectivity index (χ4n) is 1.10. The second-order valence-electron chi connectivity index (χ2n) is 3.36. The molecule has 3 nitrogen and oxygen atoms in total. The molecule has 0 amide bonds. The van der Waals surface area contributed by atoms with Gasteiger partial charge in [-0.05, 0) is 41.4 Å². The third-order valence-electron chi connectivity index (χ3n) is 1.92. The number of halogens is 1. The van der Waals surface area contributed by atoms with Gasteiger partial charge in [0.1, 0.15) is 5.75 Å². The van der Waals surface area contributed by atoms with Gasteiger partial charge in [-0.25, -0.2) is 4.79 Å². The van der Waals surface area contributed by atoms with E-state index in [4.69, 9.17) is 9.47 Å². The zero-order valence-electron chi connectivity index (χ0n) is 9.40. The van der Waals surface area contributed by atoms with Crippen molar-refractivity contribution in [2.24, 2.45) is 0 Å². The van der Waals surface area contributed by atoms with Gasteiger partial charge in [-0.1, -0.05) is 19.1 Å². The molecular weight excluding hydrogens is 272 g/mol. The number of rotatable bonds is 5. The van der Waals surface area contributed by atoms with E-state index in [2.05, 4.69) is 15.9 Å². The van der Waals surface area contributed by atoms with Crippen molar-refractivity contribution in [3.8, 4) is 5.75 Å². The lowest BCUT2D eigenvalue weighted by Crippen LogP contribution is -2.26. The van der Waals surface area contributed by atoms with Crippen molar-refractivity contribution < 1.29 is 14.3 Å². The molecule has 0 aliphatic heterocycles. The first kappa shape index (κ1) is 13.0. The molecule has 1 unspecified atom stereocenters. The number of hydrogen-bond donors (Lipinski definition) is 0. The van der Waals surface area contributed by atoms with E-state index in [0.29, 0.717) is 12.4 Å². The molecular formula is C12H15BrO3. The molecule has 0 aromatic heterocycles. The quantitative estimate of drug-likeness (QED) is 0.780. The fraction of sp³-hybridized carbons (Fsp3) is 0.417. The minimum atomic E-state index is -0.592. The standard InChI is InChI=1S/C12H15BrO3/c1-3-8-15-12(14)9(2)16-11-7-5-4-6-10(11)13/h4-7,9H,3,8H2,1-2H3. The van der Waals surface area contributed by atoms with Crippen LogP contribution < -0.4 is 4.74 Å². The number of esters is 1. The lowest BCUT2D eigenvalue weighted by molar-refractivity contribution is -0.151. The van der Waals surface area contributed by atoms with Gasteiger partial charge in [0, 0.05) is 0 Å².